The molecule has 1 aliphatic heterocycles. The van der Waals surface area contributed by atoms with Gasteiger partial charge in [-0.3, -0.25) is 14.8 Å². The van der Waals surface area contributed by atoms with Crippen molar-refractivity contribution in [3.05, 3.63) is 30.1 Å². The Hall–Kier alpha value is -2.86. The first-order valence-corrected chi connectivity index (χ1v) is 8.93. The SMILES string of the molecule is CC(C)(N)CC(=O)NC1CN(c2ccc(C#N)c3nccnc23)CC(F)(F)C1. The average Bonchev–Trinajstić information content (AvgIpc) is 2.57. The lowest BCUT2D eigenvalue weighted by atomic mass is 9.98. The van der Waals surface area contributed by atoms with E-state index in [1.54, 1.807) is 26.0 Å². The second kappa shape index (κ2) is 7.28. The third-order valence-electron chi connectivity index (χ3n) is 4.45. The number of anilines is 1. The Morgan fingerprint density at radius 3 is 2.71 bits per heavy atom. The Morgan fingerprint density at radius 1 is 1.39 bits per heavy atom. The summed E-state index contributed by atoms with van der Waals surface area (Å²) in [6.07, 6.45) is 2.51. The van der Waals surface area contributed by atoms with Crippen LogP contribution in [0.3, 0.4) is 0 Å². The Bertz CT molecular complexity index is 934. The van der Waals surface area contributed by atoms with Crippen LogP contribution in [0.4, 0.5) is 14.5 Å². The summed E-state index contributed by atoms with van der Waals surface area (Å²) in [6, 6.07) is 4.44. The van der Waals surface area contributed by atoms with Gasteiger partial charge in [0.15, 0.2) is 0 Å². The summed E-state index contributed by atoms with van der Waals surface area (Å²) in [6.45, 7) is 3.11. The van der Waals surface area contributed by atoms with Gasteiger partial charge in [-0.15, -0.1) is 0 Å². The number of carbonyl (C=O) groups excluding carboxylic acids is 1. The van der Waals surface area contributed by atoms with Gasteiger partial charge >= 0.3 is 0 Å². The van der Waals surface area contributed by atoms with Crippen molar-refractivity contribution in [2.24, 2.45) is 5.73 Å². The maximum Gasteiger partial charge on any atom is 0.267 e. The molecule has 148 valence electrons. The number of aromatic nitrogens is 2. The fourth-order valence-corrected chi connectivity index (χ4v) is 3.46. The first-order valence-electron chi connectivity index (χ1n) is 8.93. The van der Waals surface area contributed by atoms with E-state index in [-0.39, 0.29) is 18.9 Å². The Balaban J connectivity index is 1.89. The van der Waals surface area contributed by atoms with Crippen LogP contribution in [0.1, 0.15) is 32.3 Å². The van der Waals surface area contributed by atoms with Gasteiger partial charge in [0.2, 0.25) is 5.91 Å². The molecule has 28 heavy (non-hydrogen) atoms. The zero-order chi connectivity index (χ0) is 20.5. The molecule has 1 amide bonds. The number of alkyl halides is 2. The number of hydrogen-bond acceptors (Lipinski definition) is 6. The molecule has 0 saturated carbocycles. The minimum Gasteiger partial charge on any atom is -0.362 e. The molecule has 1 aromatic carbocycles. The molecule has 1 saturated heterocycles. The first kappa shape index (κ1) is 19.9. The molecular formula is C19H22F2N6O. The van der Waals surface area contributed by atoms with E-state index in [0.717, 1.165) is 0 Å². The number of halogens is 2. The van der Waals surface area contributed by atoms with E-state index < -0.39 is 30.5 Å². The van der Waals surface area contributed by atoms with Crippen LogP contribution in [-0.2, 0) is 4.79 Å². The number of hydrogen-bond donors (Lipinski definition) is 2. The third-order valence-corrected chi connectivity index (χ3v) is 4.45. The number of nitrogens with two attached hydrogens (primary N) is 1. The molecule has 0 radical (unpaired) electrons. The molecular weight excluding hydrogens is 366 g/mol. The van der Waals surface area contributed by atoms with Crippen LogP contribution >= 0.6 is 0 Å². The summed E-state index contributed by atoms with van der Waals surface area (Å²) < 4.78 is 28.8. The van der Waals surface area contributed by atoms with Gasteiger partial charge in [-0.1, -0.05) is 0 Å². The molecule has 1 atom stereocenters. The molecule has 7 nitrogen and oxygen atoms in total. The van der Waals surface area contributed by atoms with Crippen molar-refractivity contribution in [1.29, 1.82) is 5.26 Å². The fraction of sp³-hybridized carbons (Fsp3) is 0.474. The average molecular weight is 388 g/mol. The fourth-order valence-electron chi connectivity index (χ4n) is 3.46. The molecule has 1 unspecified atom stereocenters. The van der Waals surface area contributed by atoms with Crippen molar-refractivity contribution in [2.75, 3.05) is 18.0 Å². The zero-order valence-electron chi connectivity index (χ0n) is 15.7. The number of benzene rings is 1. The predicted octanol–water partition coefficient (Wildman–Crippen LogP) is 1.96. The monoisotopic (exact) mass is 388 g/mol. The Morgan fingerprint density at radius 2 is 2.07 bits per heavy atom. The van der Waals surface area contributed by atoms with Crippen molar-refractivity contribution in [1.82, 2.24) is 15.3 Å². The van der Waals surface area contributed by atoms with E-state index in [1.807, 2.05) is 6.07 Å². The Labute approximate surface area is 161 Å². The molecule has 3 rings (SSSR count). The minimum atomic E-state index is -2.99. The standard InChI is InChI=1S/C19H22F2N6O/c1-18(2,23)8-15(28)26-13-7-19(20,21)11-27(10-13)14-4-3-12(9-22)16-17(14)25-6-5-24-16/h3-6,13H,7-8,10-11,23H2,1-2H3,(H,26,28). The second-order valence-corrected chi connectivity index (χ2v) is 7.87. The predicted molar refractivity (Wildman–Crippen MR) is 101 cm³/mol. The smallest absolute Gasteiger partial charge is 0.267 e. The molecule has 1 fully saturated rings. The van der Waals surface area contributed by atoms with Gasteiger partial charge < -0.3 is 16.0 Å². The molecule has 0 bridgehead atoms. The van der Waals surface area contributed by atoms with Crippen LogP contribution in [-0.4, -0.2) is 46.5 Å². The molecule has 0 spiro atoms. The van der Waals surface area contributed by atoms with Crippen LogP contribution < -0.4 is 16.0 Å². The van der Waals surface area contributed by atoms with Gasteiger partial charge in [0.25, 0.3) is 5.92 Å². The van der Waals surface area contributed by atoms with Crippen molar-refractivity contribution in [3.8, 4) is 6.07 Å². The molecule has 2 aromatic rings. The number of nitrogens with zero attached hydrogens (tertiary/aromatic N) is 4. The number of nitrogens with one attached hydrogen (secondary N) is 1. The van der Waals surface area contributed by atoms with E-state index >= 15 is 0 Å². The van der Waals surface area contributed by atoms with Gasteiger partial charge in [-0.05, 0) is 26.0 Å². The maximum absolute atomic E-state index is 14.4. The molecule has 1 aliphatic rings. The summed E-state index contributed by atoms with van der Waals surface area (Å²) in [4.78, 5) is 22.1. The van der Waals surface area contributed by atoms with Crippen LogP contribution in [0.5, 0.6) is 0 Å². The topological polar surface area (TPSA) is 108 Å². The number of amides is 1. The van der Waals surface area contributed by atoms with E-state index in [2.05, 4.69) is 15.3 Å². The van der Waals surface area contributed by atoms with Crippen molar-refractivity contribution >= 4 is 22.6 Å². The maximum atomic E-state index is 14.4. The van der Waals surface area contributed by atoms with Crippen molar-refractivity contribution in [2.45, 2.75) is 44.2 Å². The normalized spacial score (nSPS) is 19.3. The lowest BCUT2D eigenvalue weighted by Gasteiger charge is -2.39. The third kappa shape index (κ3) is 4.51. The van der Waals surface area contributed by atoms with Crippen molar-refractivity contribution < 1.29 is 13.6 Å². The zero-order valence-corrected chi connectivity index (χ0v) is 15.7. The van der Waals surface area contributed by atoms with E-state index in [0.29, 0.717) is 22.3 Å². The van der Waals surface area contributed by atoms with Crippen LogP contribution in [0.25, 0.3) is 11.0 Å². The largest absolute Gasteiger partial charge is 0.362 e. The highest BCUT2D eigenvalue weighted by Crippen LogP contribution is 2.34. The van der Waals surface area contributed by atoms with Gasteiger partial charge in [-0.25, -0.2) is 8.78 Å². The van der Waals surface area contributed by atoms with E-state index in [4.69, 9.17) is 5.73 Å². The lowest BCUT2D eigenvalue weighted by molar-refractivity contribution is -0.123. The van der Waals surface area contributed by atoms with E-state index in [1.165, 1.54) is 17.3 Å². The molecule has 3 N–H and O–H groups in total. The summed E-state index contributed by atoms with van der Waals surface area (Å²) in [7, 11) is 0. The molecule has 9 heteroatoms. The number of piperidine rings is 1. The van der Waals surface area contributed by atoms with Crippen LogP contribution in [0.15, 0.2) is 24.5 Å². The highest BCUT2D eigenvalue weighted by Gasteiger charge is 2.41. The lowest BCUT2D eigenvalue weighted by Crippen LogP contribution is -2.56. The number of fused-ring (bicyclic) bond motifs is 1. The molecule has 0 aliphatic carbocycles. The summed E-state index contributed by atoms with van der Waals surface area (Å²) in [5.74, 6) is -3.35. The highest BCUT2D eigenvalue weighted by atomic mass is 19.3. The van der Waals surface area contributed by atoms with Gasteiger partial charge in [-0.2, -0.15) is 5.26 Å². The Kier molecular flexibility index (Phi) is 5.17. The minimum absolute atomic E-state index is 0.0420. The van der Waals surface area contributed by atoms with Gasteiger partial charge in [0.1, 0.15) is 17.1 Å². The second-order valence-electron chi connectivity index (χ2n) is 7.87. The molecule has 1 aromatic heterocycles. The van der Waals surface area contributed by atoms with E-state index in [9.17, 15) is 18.8 Å². The van der Waals surface area contributed by atoms with Crippen LogP contribution in [0, 0.1) is 11.3 Å². The summed E-state index contributed by atoms with van der Waals surface area (Å²) in [5, 5.41) is 11.9. The van der Waals surface area contributed by atoms with Crippen molar-refractivity contribution in [3.63, 3.8) is 0 Å². The number of nitriles is 1. The number of rotatable bonds is 4. The highest BCUT2D eigenvalue weighted by molar-refractivity contribution is 5.92. The van der Waals surface area contributed by atoms with Gasteiger partial charge in [0.05, 0.1) is 23.8 Å². The van der Waals surface area contributed by atoms with Gasteiger partial charge in [0, 0.05) is 37.3 Å². The summed E-state index contributed by atoms with van der Waals surface area (Å²) in [5.41, 5.74) is 6.65. The van der Waals surface area contributed by atoms with Crippen LogP contribution in [0.2, 0.25) is 0 Å². The number of carbonyl (C=O) groups is 1. The molecule has 2 heterocycles. The summed E-state index contributed by atoms with van der Waals surface area (Å²) >= 11 is 0. The quantitative estimate of drug-likeness (QED) is 0.829. The first-order chi connectivity index (χ1) is 13.1.